The van der Waals surface area contributed by atoms with E-state index in [4.69, 9.17) is 5.53 Å². The Hall–Kier alpha value is -1.59. The van der Waals surface area contributed by atoms with Gasteiger partial charge >= 0.3 is 0 Å². The van der Waals surface area contributed by atoms with E-state index in [2.05, 4.69) is 31.3 Å². The quantitative estimate of drug-likeness (QED) is 0.513. The van der Waals surface area contributed by atoms with Gasteiger partial charge in [-0.3, -0.25) is 4.79 Å². The third-order valence-electron chi connectivity index (χ3n) is 1.48. The lowest BCUT2D eigenvalue weighted by Crippen LogP contribution is -2.15. The SMILES string of the molecule is [N-]=[N+]=NCC(=O)Nc1ccc(Br)cc1F. The molecule has 5 nitrogen and oxygen atoms in total. The molecule has 0 saturated carbocycles. The highest BCUT2D eigenvalue weighted by Gasteiger charge is 2.05. The van der Waals surface area contributed by atoms with E-state index in [-0.39, 0.29) is 12.2 Å². The van der Waals surface area contributed by atoms with Crippen molar-refractivity contribution in [2.24, 2.45) is 5.11 Å². The van der Waals surface area contributed by atoms with Gasteiger partial charge in [-0.25, -0.2) is 4.39 Å². The van der Waals surface area contributed by atoms with Gasteiger partial charge in [-0.2, -0.15) is 0 Å². The number of benzene rings is 1. The summed E-state index contributed by atoms with van der Waals surface area (Å²) in [7, 11) is 0. The number of azide groups is 1. The molecule has 0 heterocycles. The minimum atomic E-state index is -0.561. The number of halogens is 2. The van der Waals surface area contributed by atoms with Crippen molar-refractivity contribution >= 4 is 27.5 Å². The zero-order valence-corrected chi connectivity index (χ0v) is 9.03. The molecule has 0 unspecified atom stereocenters. The van der Waals surface area contributed by atoms with Crippen molar-refractivity contribution in [1.29, 1.82) is 0 Å². The van der Waals surface area contributed by atoms with Crippen LogP contribution in [0.3, 0.4) is 0 Å². The highest BCUT2D eigenvalue weighted by Crippen LogP contribution is 2.19. The predicted molar refractivity (Wildman–Crippen MR) is 56.7 cm³/mol. The van der Waals surface area contributed by atoms with E-state index in [1.165, 1.54) is 12.1 Å². The minimum absolute atomic E-state index is 0.0522. The normalized spacial score (nSPS) is 9.20. The molecule has 0 aromatic heterocycles. The van der Waals surface area contributed by atoms with Crippen LogP contribution in [0.15, 0.2) is 27.8 Å². The standard InChI is InChI=1S/C8H6BrFN4O/c9-5-1-2-7(6(10)3-5)13-8(15)4-12-14-11/h1-3H,4H2,(H,13,15). The lowest BCUT2D eigenvalue weighted by atomic mass is 10.3. The van der Waals surface area contributed by atoms with Crippen molar-refractivity contribution in [2.75, 3.05) is 11.9 Å². The fraction of sp³-hybridized carbons (Fsp3) is 0.125. The average molecular weight is 273 g/mol. The van der Waals surface area contributed by atoms with Crippen LogP contribution in [0.1, 0.15) is 0 Å². The second-order valence-corrected chi connectivity index (χ2v) is 3.48. The Kier molecular flexibility index (Phi) is 4.08. The topological polar surface area (TPSA) is 77.9 Å². The largest absolute Gasteiger partial charge is 0.323 e. The van der Waals surface area contributed by atoms with E-state index in [9.17, 15) is 9.18 Å². The molecule has 0 aliphatic carbocycles. The van der Waals surface area contributed by atoms with Crippen LogP contribution >= 0.6 is 15.9 Å². The molecule has 0 bridgehead atoms. The van der Waals surface area contributed by atoms with Gasteiger partial charge in [-0.05, 0) is 23.7 Å². The first-order valence-corrected chi connectivity index (χ1v) is 4.68. The van der Waals surface area contributed by atoms with Gasteiger partial charge in [-0.1, -0.05) is 21.0 Å². The van der Waals surface area contributed by atoms with Crippen molar-refractivity contribution in [2.45, 2.75) is 0 Å². The molecule has 1 N–H and O–H groups in total. The molecule has 7 heteroatoms. The maximum Gasteiger partial charge on any atom is 0.230 e. The Balaban J connectivity index is 2.72. The minimum Gasteiger partial charge on any atom is -0.323 e. The summed E-state index contributed by atoms with van der Waals surface area (Å²) in [6.07, 6.45) is 0. The van der Waals surface area contributed by atoms with Crippen molar-refractivity contribution in [3.63, 3.8) is 0 Å². The van der Waals surface area contributed by atoms with Crippen molar-refractivity contribution < 1.29 is 9.18 Å². The summed E-state index contributed by atoms with van der Waals surface area (Å²) >= 11 is 3.09. The molecule has 0 aliphatic heterocycles. The van der Waals surface area contributed by atoms with Crippen LogP contribution in [-0.2, 0) is 4.79 Å². The Morgan fingerprint density at radius 2 is 2.40 bits per heavy atom. The molecular weight excluding hydrogens is 267 g/mol. The van der Waals surface area contributed by atoms with Crippen LogP contribution in [0, 0.1) is 5.82 Å². The number of amides is 1. The highest BCUT2D eigenvalue weighted by molar-refractivity contribution is 9.10. The van der Waals surface area contributed by atoms with Gasteiger partial charge in [0.05, 0.1) is 5.69 Å². The van der Waals surface area contributed by atoms with Crippen LogP contribution < -0.4 is 5.32 Å². The molecule has 1 aromatic rings. The van der Waals surface area contributed by atoms with Gasteiger partial charge in [0.2, 0.25) is 5.91 Å². The highest BCUT2D eigenvalue weighted by atomic mass is 79.9. The van der Waals surface area contributed by atoms with Gasteiger partial charge in [0, 0.05) is 9.38 Å². The lowest BCUT2D eigenvalue weighted by Gasteiger charge is -2.04. The zero-order chi connectivity index (χ0) is 11.3. The van der Waals surface area contributed by atoms with Gasteiger partial charge < -0.3 is 5.32 Å². The molecule has 0 spiro atoms. The molecule has 0 fully saturated rings. The third kappa shape index (κ3) is 3.57. The van der Waals surface area contributed by atoms with E-state index in [0.29, 0.717) is 4.47 Å². The fourth-order valence-corrected chi connectivity index (χ4v) is 1.21. The third-order valence-corrected chi connectivity index (χ3v) is 1.98. The molecule has 1 aromatic carbocycles. The number of hydrogen-bond acceptors (Lipinski definition) is 2. The summed E-state index contributed by atoms with van der Waals surface area (Å²) < 4.78 is 13.8. The Bertz CT molecular complexity index is 431. The number of anilines is 1. The summed E-state index contributed by atoms with van der Waals surface area (Å²) in [5.41, 5.74) is 8.02. The van der Waals surface area contributed by atoms with E-state index >= 15 is 0 Å². The first-order chi connectivity index (χ1) is 7.13. The number of hydrogen-bond donors (Lipinski definition) is 1. The van der Waals surface area contributed by atoms with E-state index in [1.807, 2.05) is 0 Å². The Morgan fingerprint density at radius 3 is 3.00 bits per heavy atom. The smallest absolute Gasteiger partial charge is 0.230 e. The number of nitrogens with zero attached hydrogens (tertiary/aromatic N) is 3. The second-order valence-electron chi connectivity index (χ2n) is 2.56. The van der Waals surface area contributed by atoms with Crippen LogP contribution in [-0.4, -0.2) is 12.5 Å². The maximum absolute atomic E-state index is 13.2. The summed E-state index contributed by atoms with van der Waals surface area (Å²) in [5, 5.41) is 5.32. The van der Waals surface area contributed by atoms with E-state index < -0.39 is 11.7 Å². The van der Waals surface area contributed by atoms with E-state index in [0.717, 1.165) is 0 Å². The number of rotatable bonds is 3. The molecule has 78 valence electrons. The molecule has 1 rings (SSSR count). The zero-order valence-electron chi connectivity index (χ0n) is 7.44. The number of carbonyl (C=O) groups excluding carboxylic acids is 1. The molecule has 0 radical (unpaired) electrons. The van der Waals surface area contributed by atoms with Gasteiger partial charge in [0.15, 0.2) is 0 Å². The summed E-state index contributed by atoms with van der Waals surface area (Å²) in [5.74, 6) is -1.12. The fourth-order valence-electron chi connectivity index (χ4n) is 0.876. The maximum atomic E-state index is 13.2. The molecule has 1 amide bonds. The van der Waals surface area contributed by atoms with Crippen LogP contribution in [0.4, 0.5) is 10.1 Å². The first-order valence-electron chi connectivity index (χ1n) is 3.89. The molecule has 15 heavy (non-hydrogen) atoms. The lowest BCUT2D eigenvalue weighted by molar-refractivity contribution is -0.114. The van der Waals surface area contributed by atoms with Gasteiger partial charge in [0.1, 0.15) is 12.4 Å². The van der Waals surface area contributed by atoms with Crippen molar-refractivity contribution in [1.82, 2.24) is 0 Å². The number of nitrogens with one attached hydrogen (secondary N) is 1. The molecule has 0 aliphatic rings. The van der Waals surface area contributed by atoms with Crippen molar-refractivity contribution in [3.8, 4) is 0 Å². The summed E-state index contributed by atoms with van der Waals surface area (Å²) in [6, 6.07) is 4.23. The molecule has 0 atom stereocenters. The van der Waals surface area contributed by atoms with Crippen LogP contribution in [0.5, 0.6) is 0 Å². The molecular formula is C8H6BrFN4O. The first kappa shape index (κ1) is 11.5. The second kappa shape index (κ2) is 5.33. The monoisotopic (exact) mass is 272 g/mol. The Labute approximate surface area is 93.0 Å². The summed E-state index contributed by atoms with van der Waals surface area (Å²) in [4.78, 5) is 13.5. The van der Waals surface area contributed by atoms with E-state index in [1.54, 1.807) is 6.07 Å². The Morgan fingerprint density at radius 1 is 1.67 bits per heavy atom. The molecule has 0 saturated heterocycles. The predicted octanol–water partition coefficient (Wildman–Crippen LogP) is 2.84. The van der Waals surface area contributed by atoms with Gasteiger partial charge in [-0.15, -0.1) is 0 Å². The summed E-state index contributed by atoms with van der Waals surface area (Å²) in [6.45, 7) is -0.355. The average Bonchev–Trinajstić information content (AvgIpc) is 2.19. The van der Waals surface area contributed by atoms with Crippen LogP contribution in [0.25, 0.3) is 10.4 Å². The number of carbonyl (C=O) groups is 1. The van der Waals surface area contributed by atoms with Crippen LogP contribution in [0.2, 0.25) is 0 Å². The van der Waals surface area contributed by atoms with Gasteiger partial charge in [0.25, 0.3) is 0 Å². The van der Waals surface area contributed by atoms with Crippen molar-refractivity contribution in [3.05, 3.63) is 38.9 Å².